The minimum atomic E-state index is -4.78. The van der Waals surface area contributed by atoms with Gasteiger partial charge in [0, 0.05) is 25.9 Å². The summed E-state index contributed by atoms with van der Waals surface area (Å²) in [5, 5.41) is 11.1. The molecule has 3 N–H and O–H groups in total. The van der Waals surface area contributed by atoms with Crippen molar-refractivity contribution >= 4 is 35.6 Å². The molecule has 1 aromatic heterocycles. The fourth-order valence-electron chi connectivity index (χ4n) is 2.97. The number of aromatic nitrogens is 3. The van der Waals surface area contributed by atoms with Gasteiger partial charge in [-0.3, -0.25) is 4.99 Å². The third-order valence-corrected chi connectivity index (χ3v) is 4.18. The van der Waals surface area contributed by atoms with Gasteiger partial charge in [-0.1, -0.05) is 18.6 Å². The molecule has 0 unspecified atom stereocenters. The summed E-state index contributed by atoms with van der Waals surface area (Å²) in [6, 6.07) is 5.65. The molecule has 28 heavy (non-hydrogen) atoms. The van der Waals surface area contributed by atoms with Gasteiger partial charge < -0.3 is 20.4 Å². The molecule has 0 radical (unpaired) electrons. The standard InChI is InChI=1S/C17H21F3N6O.HI/c18-17(19,20)27-13-7-4-3-6-12(13)23-16(21)22-10-9-15-25-24-14-8-2-1-5-11-26(14)15;/h3-4,6-7H,1-2,5,8-11H2,(H3,21,22,23);1H. The molecule has 7 nitrogen and oxygen atoms in total. The van der Waals surface area contributed by atoms with Gasteiger partial charge in [0.2, 0.25) is 0 Å². The summed E-state index contributed by atoms with van der Waals surface area (Å²) in [7, 11) is 0. The number of rotatable bonds is 5. The molecule has 0 saturated carbocycles. The molecule has 2 heterocycles. The van der Waals surface area contributed by atoms with Crippen LogP contribution in [-0.2, 0) is 19.4 Å². The van der Waals surface area contributed by atoms with Crippen molar-refractivity contribution in [3.8, 4) is 5.75 Å². The van der Waals surface area contributed by atoms with Crippen LogP contribution in [-0.4, -0.2) is 33.6 Å². The monoisotopic (exact) mass is 510 g/mol. The lowest BCUT2D eigenvalue weighted by Gasteiger charge is -2.14. The van der Waals surface area contributed by atoms with Crippen molar-refractivity contribution in [2.24, 2.45) is 10.7 Å². The first-order chi connectivity index (χ1) is 12.9. The number of benzene rings is 1. The average Bonchev–Trinajstić information content (AvgIpc) is 2.83. The number of ether oxygens (including phenoxy) is 1. The van der Waals surface area contributed by atoms with Crippen LogP contribution in [0, 0.1) is 0 Å². The largest absolute Gasteiger partial charge is 0.573 e. The Morgan fingerprint density at radius 2 is 2.00 bits per heavy atom. The van der Waals surface area contributed by atoms with E-state index in [-0.39, 0.29) is 41.4 Å². The van der Waals surface area contributed by atoms with E-state index in [2.05, 4.69) is 29.8 Å². The summed E-state index contributed by atoms with van der Waals surface area (Å²) in [4.78, 5) is 4.17. The number of nitrogens with one attached hydrogen (secondary N) is 1. The van der Waals surface area contributed by atoms with Crippen LogP contribution in [0.3, 0.4) is 0 Å². The van der Waals surface area contributed by atoms with E-state index < -0.39 is 6.36 Å². The van der Waals surface area contributed by atoms with Crippen molar-refractivity contribution in [1.82, 2.24) is 14.8 Å². The number of nitrogens with zero attached hydrogens (tertiary/aromatic N) is 4. The van der Waals surface area contributed by atoms with E-state index in [0.29, 0.717) is 13.0 Å². The molecule has 0 saturated heterocycles. The Bertz CT molecular complexity index is 808. The second kappa shape index (κ2) is 9.94. The molecule has 1 aliphatic heterocycles. The lowest BCUT2D eigenvalue weighted by Crippen LogP contribution is -2.25. The van der Waals surface area contributed by atoms with E-state index in [4.69, 9.17) is 5.73 Å². The number of guanidine groups is 1. The maximum Gasteiger partial charge on any atom is 0.573 e. The number of hydrogen-bond donors (Lipinski definition) is 2. The van der Waals surface area contributed by atoms with Crippen LogP contribution in [0.5, 0.6) is 5.75 Å². The highest BCUT2D eigenvalue weighted by Gasteiger charge is 2.32. The topological polar surface area (TPSA) is 90.4 Å². The van der Waals surface area contributed by atoms with Crippen molar-refractivity contribution in [2.45, 2.75) is 45.0 Å². The number of fused-ring (bicyclic) bond motifs is 1. The van der Waals surface area contributed by atoms with E-state index >= 15 is 0 Å². The first kappa shape index (κ1) is 22.2. The van der Waals surface area contributed by atoms with Crippen LogP contribution in [0.1, 0.15) is 30.9 Å². The minimum absolute atomic E-state index is 0. The molecular weight excluding hydrogens is 488 g/mol. The normalized spacial score (nSPS) is 14.6. The Labute approximate surface area is 177 Å². The van der Waals surface area contributed by atoms with E-state index in [9.17, 15) is 13.2 Å². The number of anilines is 1. The Morgan fingerprint density at radius 1 is 1.21 bits per heavy atom. The summed E-state index contributed by atoms with van der Waals surface area (Å²) >= 11 is 0. The van der Waals surface area contributed by atoms with E-state index in [1.165, 1.54) is 24.6 Å². The summed E-state index contributed by atoms with van der Waals surface area (Å²) in [5.74, 6) is 1.48. The molecule has 0 amide bonds. The second-order valence-corrected chi connectivity index (χ2v) is 6.18. The number of aliphatic imine (C=N–C) groups is 1. The molecule has 11 heteroatoms. The van der Waals surface area contributed by atoms with Crippen molar-refractivity contribution in [3.05, 3.63) is 35.9 Å². The zero-order valence-electron chi connectivity index (χ0n) is 15.1. The Balaban J connectivity index is 0.00000280. The third kappa shape index (κ3) is 6.24. The molecule has 1 aliphatic rings. The first-order valence-electron chi connectivity index (χ1n) is 8.75. The van der Waals surface area contributed by atoms with Crippen LogP contribution >= 0.6 is 24.0 Å². The average molecular weight is 510 g/mol. The third-order valence-electron chi connectivity index (χ3n) is 4.18. The quantitative estimate of drug-likeness (QED) is 0.365. The lowest BCUT2D eigenvalue weighted by atomic mass is 10.2. The number of alkyl halides is 3. The number of nitrogens with two attached hydrogens (primary N) is 1. The van der Waals surface area contributed by atoms with E-state index in [1.807, 2.05) is 0 Å². The molecule has 1 aromatic carbocycles. The molecule has 0 atom stereocenters. The number of aryl methyl sites for hydroxylation is 1. The fraction of sp³-hybridized carbons (Fsp3) is 0.471. The molecular formula is C17H22F3IN6O. The lowest BCUT2D eigenvalue weighted by molar-refractivity contribution is -0.274. The van der Waals surface area contributed by atoms with Gasteiger partial charge in [0.05, 0.1) is 5.69 Å². The fourth-order valence-corrected chi connectivity index (χ4v) is 2.97. The molecule has 0 fully saturated rings. The highest BCUT2D eigenvalue weighted by atomic mass is 127. The summed E-state index contributed by atoms with van der Waals surface area (Å²) < 4.78 is 43.5. The number of hydrogen-bond acceptors (Lipinski definition) is 4. The van der Waals surface area contributed by atoms with Gasteiger partial charge in [0.25, 0.3) is 0 Å². The van der Waals surface area contributed by atoms with Crippen molar-refractivity contribution in [2.75, 3.05) is 11.9 Å². The van der Waals surface area contributed by atoms with Gasteiger partial charge in [0.15, 0.2) is 11.7 Å². The Hall–Kier alpha value is -2.05. The predicted octanol–water partition coefficient (Wildman–Crippen LogP) is 3.49. The second-order valence-electron chi connectivity index (χ2n) is 6.18. The van der Waals surface area contributed by atoms with Crippen molar-refractivity contribution in [1.29, 1.82) is 0 Å². The van der Waals surface area contributed by atoms with Gasteiger partial charge >= 0.3 is 6.36 Å². The van der Waals surface area contributed by atoms with Gasteiger partial charge in [-0.15, -0.1) is 47.3 Å². The zero-order valence-corrected chi connectivity index (χ0v) is 17.4. The SMILES string of the molecule is I.NC(=NCCc1nnc2n1CCCCC2)Nc1ccccc1OC(F)(F)F. The molecule has 0 bridgehead atoms. The minimum Gasteiger partial charge on any atom is -0.404 e. The predicted molar refractivity (Wildman–Crippen MR) is 110 cm³/mol. The number of halogens is 4. The van der Waals surface area contributed by atoms with Gasteiger partial charge in [0.1, 0.15) is 11.6 Å². The molecule has 0 aliphatic carbocycles. The van der Waals surface area contributed by atoms with Crippen LogP contribution in [0.4, 0.5) is 18.9 Å². The molecule has 0 spiro atoms. The Morgan fingerprint density at radius 3 is 2.79 bits per heavy atom. The summed E-state index contributed by atoms with van der Waals surface area (Å²) in [6.07, 6.45) is 0.0893. The van der Waals surface area contributed by atoms with Gasteiger partial charge in [-0.05, 0) is 25.0 Å². The first-order valence-corrected chi connectivity index (χ1v) is 8.75. The van der Waals surface area contributed by atoms with Gasteiger partial charge in [-0.2, -0.15) is 0 Å². The summed E-state index contributed by atoms with van der Waals surface area (Å²) in [5.41, 5.74) is 5.89. The maximum atomic E-state index is 12.5. The highest BCUT2D eigenvalue weighted by molar-refractivity contribution is 14.0. The van der Waals surface area contributed by atoms with Gasteiger partial charge in [-0.25, -0.2) is 0 Å². The number of para-hydroxylation sites is 2. The maximum absolute atomic E-state index is 12.5. The highest BCUT2D eigenvalue weighted by Crippen LogP contribution is 2.29. The Kier molecular flexibility index (Phi) is 7.89. The van der Waals surface area contributed by atoms with Crippen molar-refractivity contribution < 1.29 is 17.9 Å². The summed E-state index contributed by atoms with van der Waals surface area (Å²) in [6.45, 7) is 1.25. The van der Waals surface area contributed by atoms with Crippen LogP contribution in [0.25, 0.3) is 0 Å². The smallest absolute Gasteiger partial charge is 0.404 e. The van der Waals surface area contributed by atoms with Crippen LogP contribution in [0.15, 0.2) is 29.3 Å². The van der Waals surface area contributed by atoms with Crippen LogP contribution in [0.2, 0.25) is 0 Å². The van der Waals surface area contributed by atoms with Crippen LogP contribution < -0.4 is 15.8 Å². The molecule has 2 aromatic rings. The van der Waals surface area contributed by atoms with E-state index in [1.54, 1.807) is 6.07 Å². The zero-order chi connectivity index (χ0) is 19.3. The van der Waals surface area contributed by atoms with Crippen molar-refractivity contribution in [3.63, 3.8) is 0 Å². The molecule has 3 rings (SSSR count). The van der Waals surface area contributed by atoms with E-state index in [0.717, 1.165) is 37.5 Å². The molecule has 154 valence electrons.